The van der Waals surface area contributed by atoms with E-state index >= 15 is 0 Å². The smallest absolute Gasteiger partial charge is 0.103 e. The first-order chi connectivity index (χ1) is 5.79. The van der Waals surface area contributed by atoms with Crippen LogP contribution >= 0.6 is 23.5 Å². The predicted molar refractivity (Wildman–Crippen MR) is 57.7 cm³/mol. The average molecular weight is 205 g/mol. The Morgan fingerprint density at radius 2 is 2.58 bits per heavy atom. The van der Waals surface area contributed by atoms with Gasteiger partial charge in [0, 0.05) is 19.4 Å². The maximum absolute atomic E-state index is 5.76. The number of ether oxygens (including phenoxy) is 1. The third kappa shape index (κ3) is 1.82. The van der Waals surface area contributed by atoms with Crippen molar-refractivity contribution in [2.24, 2.45) is 5.73 Å². The molecule has 0 amide bonds. The number of methoxy groups -OCH3 is 1. The first-order valence-corrected chi connectivity index (χ1v) is 6.08. The molecule has 0 fully saturated rings. The highest BCUT2D eigenvalue weighted by Crippen LogP contribution is 2.42. The minimum atomic E-state index is 0.0313. The zero-order valence-electron chi connectivity index (χ0n) is 7.45. The van der Waals surface area contributed by atoms with Crippen LogP contribution in [0.2, 0.25) is 0 Å². The molecule has 0 radical (unpaired) electrons. The number of hydrogen-bond acceptors (Lipinski definition) is 4. The number of rotatable bonds is 3. The van der Waals surface area contributed by atoms with Crippen LogP contribution in [0, 0.1) is 0 Å². The van der Waals surface area contributed by atoms with E-state index in [-0.39, 0.29) is 10.2 Å². The SMILES string of the molecule is CO[C@H]1C=CCS[C@]1(CN)SC. The standard InChI is InChI=1S/C8H15NOS2/c1-10-7-4-3-5-12-8(7,6-9)11-2/h3-4,7H,5-6,9H2,1-2H3/t7-,8-/m0/s1. The molecular formula is C8H15NOS2. The predicted octanol–water partition coefficient (Wildman–Crippen LogP) is 1.32. The van der Waals surface area contributed by atoms with E-state index in [1.807, 2.05) is 11.8 Å². The lowest BCUT2D eigenvalue weighted by atomic mass is 10.2. The Bertz CT molecular complexity index is 168. The molecule has 4 heteroatoms. The van der Waals surface area contributed by atoms with E-state index in [1.54, 1.807) is 18.9 Å². The molecule has 12 heavy (non-hydrogen) atoms. The van der Waals surface area contributed by atoms with Crippen LogP contribution in [-0.4, -0.2) is 35.8 Å². The molecule has 2 N–H and O–H groups in total. The van der Waals surface area contributed by atoms with Crippen molar-refractivity contribution in [2.45, 2.75) is 10.2 Å². The Morgan fingerprint density at radius 1 is 1.83 bits per heavy atom. The van der Waals surface area contributed by atoms with Crippen molar-refractivity contribution in [1.82, 2.24) is 0 Å². The van der Waals surface area contributed by atoms with Gasteiger partial charge in [0.2, 0.25) is 0 Å². The molecule has 1 rings (SSSR count). The molecule has 0 aromatic rings. The van der Waals surface area contributed by atoms with Crippen molar-refractivity contribution in [3.63, 3.8) is 0 Å². The molecule has 2 atom stereocenters. The van der Waals surface area contributed by atoms with Crippen LogP contribution in [0.5, 0.6) is 0 Å². The highest BCUT2D eigenvalue weighted by molar-refractivity contribution is 8.18. The lowest BCUT2D eigenvalue weighted by molar-refractivity contribution is 0.131. The molecule has 0 aliphatic carbocycles. The summed E-state index contributed by atoms with van der Waals surface area (Å²) in [5, 5.41) is 0. The summed E-state index contributed by atoms with van der Waals surface area (Å²) in [4.78, 5) is 0. The van der Waals surface area contributed by atoms with E-state index in [1.165, 1.54) is 0 Å². The number of thioether (sulfide) groups is 2. The molecule has 1 heterocycles. The van der Waals surface area contributed by atoms with Gasteiger partial charge in [-0.3, -0.25) is 0 Å². The molecule has 1 aliphatic heterocycles. The van der Waals surface area contributed by atoms with Crippen molar-refractivity contribution < 1.29 is 4.74 Å². The van der Waals surface area contributed by atoms with Crippen molar-refractivity contribution >= 4 is 23.5 Å². The van der Waals surface area contributed by atoms with Gasteiger partial charge in [-0.25, -0.2) is 0 Å². The van der Waals surface area contributed by atoms with E-state index in [0.717, 1.165) is 5.75 Å². The van der Waals surface area contributed by atoms with Gasteiger partial charge in [-0.1, -0.05) is 12.2 Å². The monoisotopic (exact) mass is 205 g/mol. The highest BCUT2D eigenvalue weighted by atomic mass is 32.2. The highest BCUT2D eigenvalue weighted by Gasteiger charge is 2.37. The molecule has 0 aromatic heterocycles. The van der Waals surface area contributed by atoms with Crippen LogP contribution in [0.25, 0.3) is 0 Å². The van der Waals surface area contributed by atoms with E-state index < -0.39 is 0 Å². The number of hydrogen-bond donors (Lipinski definition) is 1. The zero-order valence-corrected chi connectivity index (χ0v) is 9.08. The third-order valence-corrected chi connectivity index (χ3v) is 5.24. The summed E-state index contributed by atoms with van der Waals surface area (Å²) in [6, 6.07) is 0. The molecule has 2 nitrogen and oxygen atoms in total. The molecule has 0 saturated carbocycles. The van der Waals surface area contributed by atoms with E-state index in [4.69, 9.17) is 10.5 Å². The van der Waals surface area contributed by atoms with Crippen molar-refractivity contribution in [3.8, 4) is 0 Å². The molecule has 0 unspecified atom stereocenters. The Kier molecular flexibility index (Phi) is 3.96. The van der Waals surface area contributed by atoms with Gasteiger partial charge < -0.3 is 10.5 Å². The lowest BCUT2D eigenvalue weighted by Gasteiger charge is -2.37. The molecule has 70 valence electrons. The summed E-state index contributed by atoms with van der Waals surface area (Å²) in [5.74, 6) is 1.04. The fraction of sp³-hybridized carbons (Fsp3) is 0.750. The molecule has 0 bridgehead atoms. The Balaban J connectivity index is 2.77. The van der Waals surface area contributed by atoms with Crippen LogP contribution in [0.15, 0.2) is 12.2 Å². The minimum Gasteiger partial charge on any atom is -0.375 e. The van der Waals surface area contributed by atoms with Crippen LogP contribution in [0.1, 0.15) is 0 Å². The Hall–Kier alpha value is 0.360. The summed E-state index contributed by atoms with van der Waals surface area (Å²) < 4.78 is 5.41. The van der Waals surface area contributed by atoms with Crippen molar-refractivity contribution in [1.29, 1.82) is 0 Å². The van der Waals surface area contributed by atoms with Gasteiger partial charge in [-0.05, 0) is 6.26 Å². The second-order valence-corrected chi connectivity index (χ2v) is 5.36. The summed E-state index contributed by atoms with van der Waals surface area (Å²) >= 11 is 3.66. The summed E-state index contributed by atoms with van der Waals surface area (Å²) in [7, 11) is 1.74. The Labute approximate surface area is 82.3 Å². The van der Waals surface area contributed by atoms with Gasteiger partial charge in [-0.2, -0.15) is 0 Å². The summed E-state index contributed by atoms with van der Waals surface area (Å²) in [6.45, 7) is 0.654. The van der Waals surface area contributed by atoms with Gasteiger partial charge in [0.05, 0.1) is 0 Å². The maximum atomic E-state index is 5.76. The fourth-order valence-electron chi connectivity index (χ4n) is 1.29. The summed E-state index contributed by atoms with van der Waals surface area (Å²) in [5.41, 5.74) is 5.76. The van der Waals surface area contributed by atoms with Gasteiger partial charge in [0.1, 0.15) is 10.2 Å². The largest absolute Gasteiger partial charge is 0.375 e. The maximum Gasteiger partial charge on any atom is 0.103 e. The van der Waals surface area contributed by atoms with E-state index in [2.05, 4.69) is 18.4 Å². The van der Waals surface area contributed by atoms with Gasteiger partial charge in [0.25, 0.3) is 0 Å². The van der Waals surface area contributed by atoms with Crippen LogP contribution in [-0.2, 0) is 4.74 Å². The van der Waals surface area contributed by atoms with Crippen LogP contribution < -0.4 is 5.73 Å². The van der Waals surface area contributed by atoms with E-state index in [9.17, 15) is 0 Å². The van der Waals surface area contributed by atoms with Crippen molar-refractivity contribution in [3.05, 3.63) is 12.2 Å². The quantitative estimate of drug-likeness (QED) is 0.705. The molecule has 0 spiro atoms. The molecule has 1 aliphatic rings. The molecule has 0 aromatic carbocycles. The topological polar surface area (TPSA) is 35.2 Å². The van der Waals surface area contributed by atoms with Gasteiger partial charge in [0.15, 0.2) is 0 Å². The fourth-order valence-corrected chi connectivity index (χ4v) is 3.48. The summed E-state index contributed by atoms with van der Waals surface area (Å²) in [6.07, 6.45) is 6.49. The van der Waals surface area contributed by atoms with Crippen LogP contribution in [0.4, 0.5) is 0 Å². The second-order valence-electron chi connectivity index (χ2n) is 2.62. The third-order valence-electron chi connectivity index (χ3n) is 2.05. The first kappa shape index (κ1) is 10.4. The van der Waals surface area contributed by atoms with Crippen molar-refractivity contribution in [2.75, 3.05) is 25.7 Å². The Morgan fingerprint density at radius 3 is 3.00 bits per heavy atom. The first-order valence-electron chi connectivity index (χ1n) is 3.87. The normalized spacial score (nSPS) is 35.4. The van der Waals surface area contributed by atoms with Gasteiger partial charge >= 0.3 is 0 Å². The lowest BCUT2D eigenvalue weighted by Crippen LogP contribution is -2.44. The number of nitrogens with two attached hydrogens (primary N) is 1. The minimum absolute atomic E-state index is 0.0313. The second kappa shape index (κ2) is 4.56. The average Bonchev–Trinajstić information content (AvgIpc) is 2.17. The van der Waals surface area contributed by atoms with E-state index in [0.29, 0.717) is 6.54 Å². The molecular weight excluding hydrogens is 190 g/mol. The van der Waals surface area contributed by atoms with Gasteiger partial charge in [-0.15, -0.1) is 23.5 Å². The zero-order chi connectivity index (χ0) is 9.03. The van der Waals surface area contributed by atoms with Crippen LogP contribution in [0.3, 0.4) is 0 Å². The molecule has 0 saturated heterocycles.